The molecular formula is C20H24O4S. The van der Waals surface area contributed by atoms with Crippen molar-refractivity contribution < 1.29 is 17.9 Å². The van der Waals surface area contributed by atoms with Gasteiger partial charge in [0.2, 0.25) is 0 Å². The summed E-state index contributed by atoms with van der Waals surface area (Å²) in [5.74, 6) is -0.354. The Hall–Kier alpha value is -2.14. The normalized spacial score (nSPS) is 12.0. The van der Waals surface area contributed by atoms with Crippen LogP contribution >= 0.6 is 0 Å². The molecule has 2 aromatic rings. The van der Waals surface area contributed by atoms with E-state index in [0.717, 1.165) is 11.1 Å². The molecule has 0 amide bonds. The van der Waals surface area contributed by atoms with Crippen molar-refractivity contribution in [3.8, 4) is 5.75 Å². The molecule has 0 N–H and O–H groups in total. The first kappa shape index (κ1) is 19.2. The number of Topliss-reactive ketones (excluding diaryl/α,β-unsaturated/α-hetero) is 1. The van der Waals surface area contributed by atoms with E-state index in [1.165, 1.54) is 13.0 Å². The van der Waals surface area contributed by atoms with Crippen LogP contribution in [-0.4, -0.2) is 20.0 Å². The summed E-state index contributed by atoms with van der Waals surface area (Å²) in [4.78, 5) is 11.4. The number of carbonyl (C=O) groups excluding carboxylic acids is 1. The van der Waals surface area contributed by atoms with Gasteiger partial charge in [-0.3, -0.25) is 4.79 Å². The van der Waals surface area contributed by atoms with Crippen LogP contribution in [-0.2, 0) is 26.7 Å². The molecule has 134 valence electrons. The van der Waals surface area contributed by atoms with Crippen molar-refractivity contribution in [3.05, 3.63) is 59.7 Å². The quantitative estimate of drug-likeness (QED) is 0.783. The van der Waals surface area contributed by atoms with Crippen molar-refractivity contribution in [2.45, 2.75) is 44.6 Å². The monoisotopic (exact) mass is 360 g/mol. The summed E-state index contributed by atoms with van der Waals surface area (Å²) in [5.41, 5.74) is 1.72. The van der Waals surface area contributed by atoms with Gasteiger partial charge in [0.05, 0.1) is 4.90 Å². The molecule has 0 atom stereocenters. The van der Waals surface area contributed by atoms with Gasteiger partial charge in [-0.05, 0) is 35.6 Å². The zero-order valence-corrected chi connectivity index (χ0v) is 15.9. The van der Waals surface area contributed by atoms with E-state index in [9.17, 15) is 13.2 Å². The topological polar surface area (TPSA) is 60.4 Å². The molecule has 2 rings (SSSR count). The van der Waals surface area contributed by atoms with E-state index in [0.29, 0.717) is 12.4 Å². The number of ether oxygens (including phenoxy) is 1. The third-order valence-corrected chi connectivity index (χ3v) is 5.51. The van der Waals surface area contributed by atoms with Gasteiger partial charge in [0.25, 0.3) is 0 Å². The fourth-order valence-electron chi connectivity index (χ4n) is 2.52. The van der Waals surface area contributed by atoms with Gasteiger partial charge in [0, 0.05) is 0 Å². The molecule has 0 heterocycles. The summed E-state index contributed by atoms with van der Waals surface area (Å²) in [6.45, 7) is 7.75. The Bertz CT molecular complexity index is 847. The molecule has 4 nitrogen and oxygen atoms in total. The fraction of sp³-hybridized carbons (Fsp3) is 0.350. The summed E-state index contributed by atoms with van der Waals surface area (Å²) in [5, 5.41) is 0. The van der Waals surface area contributed by atoms with Gasteiger partial charge in [-0.1, -0.05) is 57.2 Å². The molecular weight excluding hydrogens is 336 g/mol. The van der Waals surface area contributed by atoms with Crippen LogP contribution < -0.4 is 4.74 Å². The molecule has 25 heavy (non-hydrogen) atoms. The third kappa shape index (κ3) is 5.16. The lowest BCUT2D eigenvalue weighted by Gasteiger charge is -2.23. The van der Waals surface area contributed by atoms with Gasteiger partial charge < -0.3 is 4.74 Å². The smallest absolute Gasteiger partial charge is 0.185 e. The third-order valence-electron chi connectivity index (χ3n) is 3.75. The Labute approximate surface area is 149 Å². The second-order valence-electron chi connectivity index (χ2n) is 7.14. The van der Waals surface area contributed by atoms with Gasteiger partial charge in [-0.15, -0.1) is 0 Å². The lowest BCUT2D eigenvalue weighted by atomic mass is 9.86. The molecule has 0 bridgehead atoms. The first-order valence-corrected chi connectivity index (χ1v) is 9.78. The highest BCUT2D eigenvalue weighted by molar-refractivity contribution is 7.92. The Kier molecular flexibility index (Phi) is 5.68. The minimum Gasteiger partial charge on any atom is -0.489 e. The van der Waals surface area contributed by atoms with Crippen molar-refractivity contribution in [2.24, 2.45) is 0 Å². The van der Waals surface area contributed by atoms with Crippen LogP contribution in [0, 0.1) is 0 Å². The fourth-order valence-corrected chi connectivity index (χ4v) is 3.79. The van der Waals surface area contributed by atoms with E-state index < -0.39 is 15.6 Å². The highest BCUT2D eigenvalue weighted by Crippen LogP contribution is 2.34. The van der Waals surface area contributed by atoms with Crippen LogP contribution in [0.5, 0.6) is 5.75 Å². The average Bonchev–Trinajstić information content (AvgIpc) is 2.51. The van der Waals surface area contributed by atoms with Crippen LogP contribution in [0.2, 0.25) is 0 Å². The minimum absolute atomic E-state index is 0.110. The molecule has 5 heteroatoms. The maximum absolute atomic E-state index is 12.4. The van der Waals surface area contributed by atoms with Crippen LogP contribution in [0.4, 0.5) is 0 Å². The van der Waals surface area contributed by atoms with Gasteiger partial charge in [-0.25, -0.2) is 8.42 Å². The van der Waals surface area contributed by atoms with Crippen molar-refractivity contribution >= 4 is 15.6 Å². The number of carbonyl (C=O) groups is 1. The van der Waals surface area contributed by atoms with Crippen LogP contribution in [0.3, 0.4) is 0 Å². The highest BCUT2D eigenvalue weighted by Gasteiger charge is 2.23. The number of benzene rings is 2. The van der Waals surface area contributed by atoms with E-state index in [2.05, 4.69) is 0 Å². The predicted molar refractivity (Wildman–Crippen MR) is 98.6 cm³/mol. The molecule has 0 saturated carbocycles. The minimum atomic E-state index is -3.66. The van der Waals surface area contributed by atoms with Crippen molar-refractivity contribution in [3.63, 3.8) is 0 Å². The van der Waals surface area contributed by atoms with Crippen molar-refractivity contribution in [1.82, 2.24) is 0 Å². The first-order chi connectivity index (χ1) is 11.6. The summed E-state index contributed by atoms with van der Waals surface area (Å²) >= 11 is 0. The zero-order valence-electron chi connectivity index (χ0n) is 15.1. The van der Waals surface area contributed by atoms with Gasteiger partial charge in [-0.2, -0.15) is 0 Å². The maximum atomic E-state index is 12.4. The van der Waals surface area contributed by atoms with Crippen LogP contribution in [0.25, 0.3) is 0 Å². The summed E-state index contributed by atoms with van der Waals surface area (Å²) in [6, 6.07) is 14.5. The molecule has 2 aromatic carbocycles. The lowest BCUT2D eigenvalue weighted by Crippen LogP contribution is -2.16. The molecule has 0 aliphatic heterocycles. The van der Waals surface area contributed by atoms with E-state index in [1.807, 2.05) is 51.1 Å². The molecule has 0 aliphatic carbocycles. The molecule has 0 radical (unpaired) electrons. The largest absolute Gasteiger partial charge is 0.489 e. The SMILES string of the molecule is CC(=O)CS(=O)(=O)c1ccc(C(C)(C)C)c(OCc2ccccc2)c1. The number of hydrogen-bond acceptors (Lipinski definition) is 4. The van der Waals surface area contributed by atoms with Crippen LogP contribution in [0.1, 0.15) is 38.8 Å². The molecule has 0 unspecified atom stereocenters. The molecule has 0 aromatic heterocycles. The highest BCUT2D eigenvalue weighted by atomic mass is 32.2. The van der Waals surface area contributed by atoms with Crippen molar-refractivity contribution in [2.75, 3.05) is 5.75 Å². The maximum Gasteiger partial charge on any atom is 0.185 e. The Morgan fingerprint density at radius 3 is 2.24 bits per heavy atom. The molecule has 0 aliphatic rings. The van der Waals surface area contributed by atoms with Crippen molar-refractivity contribution in [1.29, 1.82) is 0 Å². The van der Waals surface area contributed by atoms with E-state index >= 15 is 0 Å². The number of rotatable bonds is 6. The Morgan fingerprint density at radius 2 is 1.68 bits per heavy atom. The Balaban J connectivity index is 2.39. The second-order valence-corrected chi connectivity index (χ2v) is 9.13. The summed E-state index contributed by atoms with van der Waals surface area (Å²) in [6.07, 6.45) is 0. The number of sulfone groups is 1. The van der Waals surface area contributed by atoms with E-state index in [1.54, 1.807) is 12.1 Å². The van der Waals surface area contributed by atoms with E-state index in [-0.39, 0.29) is 16.1 Å². The number of ketones is 1. The van der Waals surface area contributed by atoms with Crippen LogP contribution in [0.15, 0.2) is 53.4 Å². The zero-order chi connectivity index (χ0) is 18.7. The van der Waals surface area contributed by atoms with Gasteiger partial charge >= 0.3 is 0 Å². The number of hydrogen-bond donors (Lipinski definition) is 0. The van der Waals surface area contributed by atoms with Gasteiger partial charge in [0.15, 0.2) is 9.84 Å². The van der Waals surface area contributed by atoms with E-state index in [4.69, 9.17) is 4.74 Å². The first-order valence-electron chi connectivity index (χ1n) is 8.13. The Morgan fingerprint density at radius 1 is 1.04 bits per heavy atom. The standard InChI is InChI=1S/C20H24O4S/c1-15(21)14-25(22,23)17-10-11-18(20(2,3)4)19(12-17)24-13-16-8-6-5-7-9-16/h5-12H,13-14H2,1-4H3. The summed E-state index contributed by atoms with van der Waals surface area (Å²) < 4.78 is 30.6. The second kappa shape index (κ2) is 7.40. The average molecular weight is 360 g/mol. The molecule has 0 fully saturated rings. The predicted octanol–water partition coefficient (Wildman–Crippen LogP) is 3.93. The van der Waals surface area contributed by atoms with Gasteiger partial charge in [0.1, 0.15) is 23.9 Å². The molecule has 0 saturated heterocycles. The molecule has 0 spiro atoms. The lowest BCUT2D eigenvalue weighted by molar-refractivity contribution is -0.114. The summed E-state index contributed by atoms with van der Waals surface area (Å²) in [7, 11) is -3.66.